The van der Waals surface area contributed by atoms with E-state index in [1.54, 1.807) is 18.4 Å². The van der Waals surface area contributed by atoms with E-state index in [-0.39, 0.29) is 6.04 Å². The van der Waals surface area contributed by atoms with Crippen LogP contribution in [-0.4, -0.2) is 26.8 Å². The van der Waals surface area contributed by atoms with E-state index in [0.29, 0.717) is 13.2 Å². The van der Waals surface area contributed by atoms with Gasteiger partial charge in [0, 0.05) is 34.4 Å². The van der Waals surface area contributed by atoms with Gasteiger partial charge in [-0.3, -0.25) is 0 Å². The Kier molecular flexibility index (Phi) is 5.78. The van der Waals surface area contributed by atoms with Crippen molar-refractivity contribution in [1.29, 1.82) is 0 Å². The van der Waals surface area contributed by atoms with E-state index in [1.165, 1.54) is 9.75 Å². The van der Waals surface area contributed by atoms with E-state index < -0.39 is 0 Å². The standard InChI is InChI=1S/C10H17BrN2OS/c1-7-8(11)5-10(15-7)9(6-12)13-3-4-14-2/h5,9,13H,3-4,6,12H2,1-2H3. The number of thiophene rings is 1. The minimum absolute atomic E-state index is 0.232. The molecule has 1 heterocycles. The van der Waals surface area contributed by atoms with Crippen LogP contribution in [0.2, 0.25) is 0 Å². The quantitative estimate of drug-likeness (QED) is 0.789. The molecule has 0 spiro atoms. The topological polar surface area (TPSA) is 47.3 Å². The predicted octanol–water partition coefficient (Wildman–Crippen LogP) is 2.05. The molecule has 0 saturated heterocycles. The van der Waals surface area contributed by atoms with Gasteiger partial charge in [-0.25, -0.2) is 0 Å². The largest absolute Gasteiger partial charge is 0.383 e. The van der Waals surface area contributed by atoms with Gasteiger partial charge in [-0.05, 0) is 28.9 Å². The second-order valence-electron chi connectivity index (χ2n) is 3.29. The fourth-order valence-electron chi connectivity index (χ4n) is 1.29. The first-order valence-corrected chi connectivity index (χ1v) is 6.48. The van der Waals surface area contributed by atoms with Crippen molar-refractivity contribution in [3.05, 3.63) is 20.3 Å². The minimum atomic E-state index is 0.232. The van der Waals surface area contributed by atoms with Gasteiger partial charge >= 0.3 is 0 Å². The van der Waals surface area contributed by atoms with Crippen molar-refractivity contribution in [2.45, 2.75) is 13.0 Å². The molecule has 0 aliphatic heterocycles. The first-order chi connectivity index (χ1) is 7.19. The molecule has 0 radical (unpaired) electrons. The molecule has 3 N–H and O–H groups in total. The van der Waals surface area contributed by atoms with Gasteiger partial charge in [0.25, 0.3) is 0 Å². The van der Waals surface area contributed by atoms with Crippen molar-refractivity contribution >= 4 is 27.3 Å². The maximum Gasteiger partial charge on any atom is 0.0587 e. The van der Waals surface area contributed by atoms with Gasteiger partial charge in [0.05, 0.1) is 12.6 Å². The van der Waals surface area contributed by atoms with E-state index in [2.05, 4.69) is 34.2 Å². The molecule has 15 heavy (non-hydrogen) atoms. The third kappa shape index (κ3) is 3.85. The summed E-state index contributed by atoms with van der Waals surface area (Å²) in [5, 5.41) is 3.37. The highest BCUT2D eigenvalue weighted by atomic mass is 79.9. The smallest absolute Gasteiger partial charge is 0.0587 e. The summed E-state index contributed by atoms with van der Waals surface area (Å²) in [5.74, 6) is 0. The first-order valence-electron chi connectivity index (χ1n) is 4.87. The maximum atomic E-state index is 5.73. The van der Waals surface area contributed by atoms with Gasteiger partial charge in [-0.1, -0.05) is 0 Å². The van der Waals surface area contributed by atoms with Crippen LogP contribution in [0.5, 0.6) is 0 Å². The fourth-order valence-corrected chi connectivity index (χ4v) is 2.94. The van der Waals surface area contributed by atoms with E-state index in [0.717, 1.165) is 11.0 Å². The number of nitrogens with one attached hydrogen (secondary N) is 1. The van der Waals surface area contributed by atoms with Crippen LogP contribution < -0.4 is 11.1 Å². The lowest BCUT2D eigenvalue weighted by Gasteiger charge is -2.14. The Labute approximate surface area is 103 Å². The fraction of sp³-hybridized carbons (Fsp3) is 0.600. The average molecular weight is 293 g/mol. The number of hydrogen-bond donors (Lipinski definition) is 2. The van der Waals surface area contributed by atoms with Gasteiger partial charge in [-0.2, -0.15) is 0 Å². The summed E-state index contributed by atoms with van der Waals surface area (Å²) in [7, 11) is 1.70. The van der Waals surface area contributed by atoms with Crippen molar-refractivity contribution in [2.24, 2.45) is 5.73 Å². The summed E-state index contributed by atoms with van der Waals surface area (Å²) in [6.07, 6.45) is 0. The summed E-state index contributed by atoms with van der Waals surface area (Å²) >= 11 is 5.29. The highest BCUT2D eigenvalue weighted by molar-refractivity contribution is 9.10. The molecule has 86 valence electrons. The molecule has 0 fully saturated rings. The van der Waals surface area contributed by atoms with Crippen molar-refractivity contribution in [1.82, 2.24) is 5.32 Å². The summed E-state index contributed by atoms with van der Waals surface area (Å²) in [5.41, 5.74) is 5.73. The molecule has 0 amide bonds. The molecule has 0 saturated carbocycles. The molecular formula is C10H17BrN2OS. The van der Waals surface area contributed by atoms with Crippen molar-refractivity contribution in [2.75, 3.05) is 26.8 Å². The second kappa shape index (κ2) is 6.60. The Balaban J connectivity index is 2.57. The lowest BCUT2D eigenvalue weighted by atomic mass is 10.2. The molecule has 0 aliphatic carbocycles. The molecule has 0 aliphatic rings. The van der Waals surface area contributed by atoms with Gasteiger partial charge in [0.2, 0.25) is 0 Å². The molecular weight excluding hydrogens is 276 g/mol. The number of nitrogens with two attached hydrogens (primary N) is 1. The highest BCUT2D eigenvalue weighted by Gasteiger charge is 2.12. The second-order valence-corrected chi connectivity index (χ2v) is 5.43. The van der Waals surface area contributed by atoms with E-state index in [4.69, 9.17) is 10.5 Å². The number of hydrogen-bond acceptors (Lipinski definition) is 4. The molecule has 1 rings (SSSR count). The van der Waals surface area contributed by atoms with Crippen LogP contribution in [0, 0.1) is 6.92 Å². The van der Waals surface area contributed by atoms with Crippen LogP contribution in [0.15, 0.2) is 10.5 Å². The Hall–Kier alpha value is 0.0600. The monoisotopic (exact) mass is 292 g/mol. The molecule has 0 aromatic carbocycles. The van der Waals surface area contributed by atoms with Crippen molar-refractivity contribution in [3.63, 3.8) is 0 Å². The third-order valence-corrected chi connectivity index (χ3v) is 4.40. The van der Waals surface area contributed by atoms with Crippen LogP contribution in [0.25, 0.3) is 0 Å². The molecule has 3 nitrogen and oxygen atoms in total. The zero-order valence-corrected chi connectivity index (χ0v) is 11.5. The van der Waals surface area contributed by atoms with Crippen LogP contribution in [0.1, 0.15) is 15.8 Å². The van der Waals surface area contributed by atoms with Crippen LogP contribution in [0.3, 0.4) is 0 Å². The lowest BCUT2D eigenvalue weighted by molar-refractivity contribution is 0.196. The average Bonchev–Trinajstić information content (AvgIpc) is 2.54. The molecule has 5 heteroatoms. The molecule has 0 bridgehead atoms. The number of methoxy groups -OCH3 is 1. The molecule has 1 unspecified atom stereocenters. The predicted molar refractivity (Wildman–Crippen MR) is 68.4 cm³/mol. The SMILES string of the molecule is COCCNC(CN)c1cc(Br)c(C)s1. The maximum absolute atomic E-state index is 5.73. The first kappa shape index (κ1) is 13.1. The van der Waals surface area contributed by atoms with Gasteiger partial charge in [0.15, 0.2) is 0 Å². The highest BCUT2D eigenvalue weighted by Crippen LogP contribution is 2.30. The van der Waals surface area contributed by atoms with Crippen LogP contribution >= 0.6 is 27.3 Å². The zero-order valence-electron chi connectivity index (χ0n) is 9.05. The van der Waals surface area contributed by atoms with E-state index in [1.807, 2.05) is 0 Å². The number of rotatable bonds is 6. The molecule has 1 aromatic heterocycles. The lowest BCUT2D eigenvalue weighted by Crippen LogP contribution is -2.30. The van der Waals surface area contributed by atoms with Gasteiger partial charge in [-0.15, -0.1) is 11.3 Å². The van der Waals surface area contributed by atoms with Gasteiger partial charge in [0.1, 0.15) is 0 Å². The van der Waals surface area contributed by atoms with E-state index >= 15 is 0 Å². The van der Waals surface area contributed by atoms with Crippen molar-refractivity contribution in [3.8, 4) is 0 Å². The summed E-state index contributed by atoms with van der Waals surface area (Å²) in [4.78, 5) is 2.56. The number of ether oxygens (including phenoxy) is 1. The zero-order chi connectivity index (χ0) is 11.3. The number of halogens is 1. The third-order valence-electron chi connectivity index (χ3n) is 2.15. The Bertz CT molecular complexity index is 284. The summed E-state index contributed by atoms with van der Waals surface area (Å²) in [6, 6.07) is 2.37. The minimum Gasteiger partial charge on any atom is -0.383 e. The van der Waals surface area contributed by atoms with Crippen LogP contribution in [0.4, 0.5) is 0 Å². The van der Waals surface area contributed by atoms with Crippen LogP contribution in [-0.2, 0) is 4.74 Å². The van der Waals surface area contributed by atoms with E-state index in [9.17, 15) is 0 Å². The molecule has 1 aromatic rings. The normalized spacial score (nSPS) is 13.1. The van der Waals surface area contributed by atoms with Gasteiger partial charge < -0.3 is 15.8 Å². The Morgan fingerprint density at radius 2 is 2.40 bits per heavy atom. The molecule has 1 atom stereocenters. The Morgan fingerprint density at radius 1 is 1.67 bits per heavy atom. The Morgan fingerprint density at radius 3 is 2.87 bits per heavy atom. The summed E-state index contributed by atoms with van der Waals surface area (Å²) < 4.78 is 6.15. The van der Waals surface area contributed by atoms with Crippen molar-refractivity contribution < 1.29 is 4.74 Å². The number of aryl methyl sites for hydroxylation is 1. The summed E-state index contributed by atoms with van der Waals surface area (Å²) in [6.45, 7) is 4.24.